The molecule has 1 nitrogen and oxygen atoms in total. The maximum absolute atomic E-state index is 13.0. The molecule has 0 N–H and O–H groups in total. The van der Waals surface area contributed by atoms with E-state index in [9.17, 15) is 9.18 Å². The number of benzene rings is 1. The van der Waals surface area contributed by atoms with Crippen molar-refractivity contribution in [3.8, 4) is 0 Å². The van der Waals surface area contributed by atoms with Crippen LogP contribution in [0.5, 0.6) is 0 Å². The topological polar surface area (TPSA) is 17.1 Å². The number of rotatable bonds is 4. The molecule has 1 aliphatic carbocycles. The molecular formula is C18H25FO. The second kappa shape index (κ2) is 6.07. The lowest BCUT2D eigenvalue weighted by molar-refractivity contribution is -0.128. The summed E-state index contributed by atoms with van der Waals surface area (Å²) in [6, 6.07) is 6.37. The number of Topliss-reactive ketones (excluding diaryl/α,β-unsaturated/α-hetero) is 1. The third-order valence-electron chi connectivity index (χ3n) is 4.98. The molecule has 1 aromatic rings. The van der Waals surface area contributed by atoms with E-state index in [1.807, 2.05) is 13.8 Å². The van der Waals surface area contributed by atoms with Crippen molar-refractivity contribution in [2.75, 3.05) is 0 Å². The summed E-state index contributed by atoms with van der Waals surface area (Å²) >= 11 is 0. The number of hydrogen-bond acceptors (Lipinski definition) is 1. The predicted molar refractivity (Wildman–Crippen MR) is 80.2 cm³/mol. The maximum atomic E-state index is 13.0. The molecule has 1 aromatic carbocycles. The van der Waals surface area contributed by atoms with Gasteiger partial charge in [0.25, 0.3) is 0 Å². The highest BCUT2D eigenvalue weighted by molar-refractivity contribution is 5.91. The SMILES string of the molecule is CCC1CCC(C(=O)C(C)(C)c2ccc(F)cc2)CC1. The van der Waals surface area contributed by atoms with E-state index in [-0.39, 0.29) is 11.7 Å². The largest absolute Gasteiger partial charge is 0.298 e. The molecule has 0 heterocycles. The zero-order chi connectivity index (χ0) is 14.8. The fourth-order valence-corrected chi connectivity index (χ4v) is 3.35. The zero-order valence-electron chi connectivity index (χ0n) is 12.8. The Morgan fingerprint density at radius 2 is 1.70 bits per heavy atom. The molecule has 0 unspecified atom stereocenters. The van der Waals surface area contributed by atoms with E-state index < -0.39 is 5.41 Å². The maximum Gasteiger partial charge on any atom is 0.145 e. The summed E-state index contributed by atoms with van der Waals surface area (Å²) in [4.78, 5) is 12.8. The zero-order valence-corrected chi connectivity index (χ0v) is 12.8. The number of hydrogen-bond donors (Lipinski definition) is 0. The fraction of sp³-hybridized carbons (Fsp3) is 0.611. The van der Waals surface area contributed by atoms with E-state index in [4.69, 9.17) is 0 Å². The van der Waals surface area contributed by atoms with Gasteiger partial charge in [-0.15, -0.1) is 0 Å². The molecule has 2 heteroatoms. The Morgan fingerprint density at radius 3 is 2.20 bits per heavy atom. The molecule has 1 saturated carbocycles. The molecule has 2 rings (SSSR count). The molecule has 0 atom stereocenters. The van der Waals surface area contributed by atoms with E-state index in [2.05, 4.69) is 6.92 Å². The number of ketones is 1. The van der Waals surface area contributed by atoms with Crippen LogP contribution in [0.2, 0.25) is 0 Å². The smallest absolute Gasteiger partial charge is 0.145 e. The van der Waals surface area contributed by atoms with Crippen LogP contribution in [-0.4, -0.2) is 5.78 Å². The lowest BCUT2D eigenvalue weighted by Gasteiger charge is -2.33. The summed E-state index contributed by atoms with van der Waals surface area (Å²) in [6.07, 6.45) is 5.60. The molecular weight excluding hydrogens is 251 g/mol. The normalized spacial score (nSPS) is 23.6. The predicted octanol–water partition coefficient (Wildman–Crippen LogP) is 4.89. The van der Waals surface area contributed by atoms with E-state index in [0.29, 0.717) is 5.78 Å². The van der Waals surface area contributed by atoms with E-state index in [1.165, 1.54) is 31.4 Å². The number of halogens is 1. The standard InChI is InChI=1S/C18H25FO/c1-4-13-5-7-14(8-6-13)17(20)18(2,3)15-9-11-16(19)12-10-15/h9-14H,4-8H2,1-3H3. The van der Waals surface area contributed by atoms with Gasteiger partial charge in [-0.1, -0.05) is 25.5 Å². The summed E-state index contributed by atoms with van der Waals surface area (Å²) in [6.45, 7) is 6.16. The molecule has 0 radical (unpaired) electrons. The van der Waals surface area contributed by atoms with Gasteiger partial charge < -0.3 is 0 Å². The molecule has 0 amide bonds. The number of carbonyl (C=O) groups is 1. The highest BCUT2D eigenvalue weighted by Crippen LogP contribution is 2.36. The first-order valence-corrected chi connectivity index (χ1v) is 7.75. The summed E-state index contributed by atoms with van der Waals surface area (Å²) < 4.78 is 13.0. The van der Waals surface area contributed by atoms with Crippen molar-refractivity contribution in [3.63, 3.8) is 0 Å². The van der Waals surface area contributed by atoms with Crippen molar-refractivity contribution in [2.24, 2.45) is 11.8 Å². The van der Waals surface area contributed by atoms with Gasteiger partial charge in [0.1, 0.15) is 11.6 Å². The Kier molecular flexibility index (Phi) is 4.62. The molecule has 0 spiro atoms. The van der Waals surface area contributed by atoms with Crippen LogP contribution in [0.25, 0.3) is 0 Å². The monoisotopic (exact) mass is 276 g/mol. The van der Waals surface area contributed by atoms with Crippen molar-refractivity contribution >= 4 is 5.78 Å². The van der Waals surface area contributed by atoms with Crippen molar-refractivity contribution in [2.45, 2.75) is 58.3 Å². The van der Waals surface area contributed by atoms with Gasteiger partial charge in [-0.05, 0) is 63.1 Å². The van der Waals surface area contributed by atoms with Crippen LogP contribution in [-0.2, 0) is 10.2 Å². The average molecular weight is 276 g/mol. The quantitative estimate of drug-likeness (QED) is 0.765. The minimum absolute atomic E-state index is 0.179. The minimum Gasteiger partial charge on any atom is -0.298 e. The fourth-order valence-electron chi connectivity index (χ4n) is 3.35. The molecule has 0 aromatic heterocycles. The molecule has 110 valence electrons. The van der Waals surface area contributed by atoms with Gasteiger partial charge in [0, 0.05) is 11.3 Å². The van der Waals surface area contributed by atoms with Crippen molar-refractivity contribution in [1.82, 2.24) is 0 Å². The molecule has 0 aliphatic heterocycles. The van der Waals surface area contributed by atoms with E-state index in [1.54, 1.807) is 12.1 Å². The third-order valence-corrected chi connectivity index (χ3v) is 4.98. The second-order valence-electron chi connectivity index (χ2n) is 6.62. The van der Waals surface area contributed by atoms with Crippen LogP contribution >= 0.6 is 0 Å². The first-order chi connectivity index (χ1) is 9.45. The summed E-state index contributed by atoms with van der Waals surface area (Å²) in [5.74, 6) is 1.05. The second-order valence-corrected chi connectivity index (χ2v) is 6.62. The van der Waals surface area contributed by atoms with Gasteiger partial charge in [-0.25, -0.2) is 4.39 Å². The average Bonchev–Trinajstić information content (AvgIpc) is 2.47. The Bertz CT molecular complexity index is 453. The van der Waals surface area contributed by atoms with Crippen molar-refractivity contribution in [1.29, 1.82) is 0 Å². The van der Waals surface area contributed by atoms with E-state index >= 15 is 0 Å². The van der Waals surface area contributed by atoms with Crippen LogP contribution < -0.4 is 0 Å². The van der Waals surface area contributed by atoms with Crippen molar-refractivity contribution < 1.29 is 9.18 Å². The third kappa shape index (κ3) is 3.11. The summed E-state index contributed by atoms with van der Waals surface area (Å²) in [7, 11) is 0. The van der Waals surface area contributed by atoms with Gasteiger partial charge in [0.15, 0.2) is 0 Å². The molecule has 0 saturated heterocycles. The highest BCUT2D eigenvalue weighted by atomic mass is 19.1. The first kappa shape index (κ1) is 15.2. The van der Waals surface area contributed by atoms with Gasteiger partial charge in [-0.3, -0.25) is 4.79 Å². The molecule has 0 bridgehead atoms. The van der Waals surface area contributed by atoms with Crippen LogP contribution in [0, 0.1) is 17.7 Å². The van der Waals surface area contributed by atoms with Crippen LogP contribution in [0.4, 0.5) is 4.39 Å². The van der Waals surface area contributed by atoms with Gasteiger partial charge in [0.2, 0.25) is 0 Å². The van der Waals surface area contributed by atoms with E-state index in [0.717, 1.165) is 24.3 Å². The molecule has 1 aliphatic rings. The Labute approximate surface area is 121 Å². The first-order valence-electron chi connectivity index (χ1n) is 7.75. The highest BCUT2D eigenvalue weighted by Gasteiger charge is 2.36. The number of carbonyl (C=O) groups excluding carboxylic acids is 1. The minimum atomic E-state index is -0.516. The van der Waals surface area contributed by atoms with Gasteiger partial charge in [0.05, 0.1) is 0 Å². The molecule has 1 fully saturated rings. The Balaban J connectivity index is 2.09. The Morgan fingerprint density at radius 1 is 1.15 bits per heavy atom. The van der Waals surface area contributed by atoms with Crippen molar-refractivity contribution in [3.05, 3.63) is 35.6 Å². The summed E-state index contributed by atoms with van der Waals surface area (Å²) in [5.41, 5.74) is 0.402. The molecule has 20 heavy (non-hydrogen) atoms. The van der Waals surface area contributed by atoms with Gasteiger partial charge in [-0.2, -0.15) is 0 Å². The van der Waals surface area contributed by atoms with Crippen LogP contribution in [0.3, 0.4) is 0 Å². The summed E-state index contributed by atoms with van der Waals surface area (Å²) in [5, 5.41) is 0. The van der Waals surface area contributed by atoms with Crippen LogP contribution in [0.15, 0.2) is 24.3 Å². The van der Waals surface area contributed by atoms with Gasteiger partial charge >= 0.3 is 0 Å². The Hall–Kier alpha value is -1.18. The lowest BCUT2D eigenvalue weighted by Crippen LogP contribution is -2.36. The lowest BCUT2D eigenvalue weighted by atomic mass is 9.70. The van der Waals surface area contributed by atoms with Crippen LogP contribution in [0.1, 0.15) is 58.4 Å².